The fourth-order valence-electron chi connectivity index (χ4n) is 4.54. The molecule has 4 nitrogen and oxygen atoms in total. The molecule has 1 heterocycles. The molecule has 1 unspecified atom stereocenters. The second-order valence-corrected chi connectivity index (χ2v) is 8.45. The van der Waals surface area contributed by atoms with E-state index in [0.717, 1.165) is 27.5 Å². The van der Waals surface area contributed by atoms with Gasteiger partial charge in [0.2, 0.25) is 0 Å². The summed E-state index contributed by atoms with van der Waals surface area (Å²) in [6.45, 7) is 3.93. The number of fused-ring (bicyclic) bond motifs is 1. The molecule has 0 spiro atoms. The predicted octanol–water partition coefficient (Wildman–Crippen LogP) is 6.08. The maximum absolute atomic E-state index is 13.4. The van der Waals surface area contributed by atoms with Crippen LogP contribution in [0.4, 0.5) is 5.69 Å². The second-order valence-electron chi connectivity index (χ2n) is 8.45. The van der Waals surface area contributed by atoms with Crippen molar-refractivity contribution < 1.29 is 14.7 Å². The van der Waals surface area contributed by atoms with Crippen LogP contribution in [0.1, 0.15) is 28.3 Å². The van der Waals surface area contributed by atoms with Crippen LogP contribution in [0.5, 0.6) is 0 Å². The number of aliphatic hydroxyl groups excluding tert-OH is 1. The SMILES string of the molecule is Cc1ccc(N2C(=O)C(=O)/C(=C(\O)c3cccc4ccccc34)C2c2cccc(C)c2)cc1. The van der Waals surface area contributed by atoms with Crippen molar-refractivity contribution in [2.24, 2.45) is 0 Å². The number of hydrogen-bond acceptors (Lipinski definition) is 3. The van der Waals surface area contributed by atoms with Gasteiger partial charge in [-0.3, -0.25) is 14.5 Å². The van der Waals surface area contributed by atoms with E-state index in [9.17, 15) is 14.7 Å². The summed E-state index contributed by atoms with van der Waals surface area (Å²) in [5.74, 6) is -1.49. The standard InChI is InChI=1S/C29H23NO3/c1-18-13-15-22(16-14-18)30-26(21-10-5-7-19(2)17-21)25(28(32)29(30)33)27(31)24-12-6-9-20-8-3-4-11-23(20)24/h3-17,26,31H,1-2H3/b27-25-. The molecule has 4 aromatic rings. The average molecular weight is 434 g/mol. The lowest BCUT2D eigenvalue weighted by molar-refractivity contribution is -0.132. The smallest absolute Gasteiger partial charge is 0.300 e. The van der Waals surface area contributed by atoms with Gasteiger partial charge in [-0.2, -0.15) is 0 Å². The molecule has 1 atom stereocenters. The van der Waals surface area contributed by atoms with Crippen LogP contribution in [-0.2, 0) is 9.59 Å². The Morgan fingerprint density at radius 3 is 2.24 bits per heavy atom. The molecule has 1 aliphatic rings. The van der Waals surface area contributed by atoms with Crippen molar-refractivity contribution in [3.05, 3.63) is 119 Å². The van der Waals surface area contributed by atoms with Gasteiger partial charge >= 0.3 is 0 Å². The summed E-state index contributed by atoms with van der Waals surface area (Å²) >= 11 is 0. The first kappa shape index (κ1) is 20.7. The summed E-state index contributed by atoms with van der Waals surface area (Å²) in [5, 5.41) is 13.3. The quantitative estimate of drug-likeness (QED) is 0.242. The van der Waals surface area contributed by atoms with E-state index < -0.39 is 17.7 Å². The number of rotatable bonds is 3. The van der Waals surface area contributed by atoms with Gasteiger partial charge in [0, 0.05) is 11.3 Å². The molecule has 33 heavy (non-hydrogen) atoms. The first-order chi connectivity index (χ1) is 16.0. The lowest BCUT2D eigenvalue weighted by Gasteiger charge is -2.26. The monoisotopic (exact) mass is 433 g/mol. The van der Waals surface area contributed by atoms with E-state index in [1.54, 1.807) is 6.07 Å². The van der Waals surface area contributed by atoms with E-state index in [2.05, 4.69) is 0 Å². The van der Waals surface area contributed by atoms with Gasteiger partial charge in [0.25, 0.3) is 11.7 Å². The number of nitrogens with zero attached hydrogens (tertiary/aromatic N) is 1. The fourth-order valence-corrected chi connectivity index (χ4v) is 4.54. The number of benzene rings is 4. The number of anilines is 1. The summed E-state index contributed by atoms with van der Waals surface area (Å²) in [6, 6.07) is 27.7. The fraction of sp³-hybridized carbons (Fsp3) is 0.103. The Morgan fingerprint density at radius 1 is 0.788 bits per heavy atom. The van der Waals surface area contributed by atoms with Crippen molar-refractivity contribution in [1.29, 1.82) is 0 Å². The van der Waals surface area contributed by atoms with Gasteiger partial charge in [-0.15, -0.1) is 0 Å². The average Bonchev–Trinajstić information content (AvgIpc) is 3.09. The molecule has 1 fully saturated rings. The molecule has 1 amide bonds. The van der Waals surface area contributed by atoms with E-state index >= 15 is 0 Å². The predicted molar refractivity (Wildman–Crippen MR) is 131 cm³/mol. The van der Waals surface area contributed by atoms with Crippen molar-refractivity contribution >= 4 is 33.9 Å². The van der Waals surface area contributed by atoms with Crippen LogP contribution in [0, 0.1) is 13.8 Å². The third kappa shape index (κ3) is 3.50. The van der Waals surface area contributed by atoms with Gasteiger partial charge in [-0.25, -0.2) is 0 Å². The van der Waals surface area contributed by atoms with Crippen molar-refractivity contribution in [2.75, 3.05) is 4.90 Å². The van der Waals surface area contributed by atoms with Crippen molar-refractivity contribution in [2.45, 2.75) is 19.9 Å². The molecule has 0 saturated carbocycles. The minimum atomic E-state index is -0.730. The summed E-state index contributed by atoms with van der Waals surface area (Å²) in [5.41, 5.74) is 4.09. The number of hydrogen-bond donors (Lipinski definition) is 1. The lowest BCUT2D eigenvalue weighted by Crippen LogP contribution is -2.29. The Morgan fingerprint density at radius 2 is 1.48 bits per heavy atom. The first-order valence-electron chi connectivity index (χ1n) is 10.9. The highest BCUT2D eigenvalue weighted by molar-refractivity contribution is 6.51. The molecule has 5 rings (SSSR count). The Hall–Kier alpha value is -4.18. The summed E-state index contributed by atoms with van der Waals surface area (Å²) in [4.78, 5) is 28.2. The third-order valence-electron chi connectivity index (χ3n) is 6.16. The zero-order valence-electron chi connectivity index (χ0n) is 18.4. The van der Waals surface area contributed by atoms with E-state index in [4.69, 9.17) is 0 Å². The van der Waals surface area contributed by atoms with Gasteiger partial charge in [0.1, 0.15) is 5.76 Å². The van der Waals surface area contributed by atoms with Crippen LogP contribution in [0.15, 0.2) is 96.6 Å². The molecular weight excluding hydrogens is 410 g/mol. The number of carbonyl (C=O) groups excluding carboxylic acids is 2. The molecule has 1 N–H and O–H groups in total. The summed E-state index contributed by atoms with van der Waals surface area (Å²) in [6.07, 6.45) is 0. The van der Waals surface area contributed by atoms with E-state index in [1.165, 1.54) is 4.90 Å². The number of aryl methyl sites for hydroxylation is 2. The van der Waals surface area contributed by atoms with Gasteiger partial charge in [-0.1, -0.05) is 90.0 Å². The highest BCUT2D eigenvalue weighted by Gasteiger charge is 2.47. The van der Waals surface area contributed by atoms with Gasteiger partial charge in [0.15, 0.2) is 0 Å². The molecule has 4 aromatic carbocycles. The highest BCUT2D eigenvalue weighted by atomic mass is 16.3. The Labute approximate surface area is 192 Å². The number of amides is 1. The summed E-state index contributed by atoms with van der Waals surface area (Å²) in [7, 11) is 0. The van der Waals surface area contributed by atoms with Gasteiger partial charge < -0.3 is 5.11 Å². The highest BCUT2D eigenvalue weighted by Crippen LogP contribution is 2.43. The minimum Gasteiger partial charge on any atom is -0.507 e. The van der Waals surface area contributed by atoms with E-state index in [1.807, 2.05) is 98.8 Å². The zero-order valence-corrected chi connectivity index (χ0v) is 18.4. The number of ketones is 1. The number of carbonyl (C=O) groups is 2. The molecule has 0 bridgehead atoms. The van der Waals surface area contributed by atoms with Crippen LogP contribution in [0.3, 0.4) is 0 Å². The van der Waals surface area contributed by atoms with Crippen LogP contribution in [0.2, 0.25) is 0 Å². The maximum Gasteiger partial charge on any atom is 0.300 e. The summed E-state index contributed by atoms with van der Waals surface area (Å²) < 4.78 is 0. The number of aliphatic hydroxyl groups is 1. The molecule has 0 aromatic heterocycles. The van der Waals surface area contributed by atoms with Gasteiger partial charge in [-0.05, 0) is 42.3 Å². The first-order valence-corrected chi connectivity index (χ1v) is 10.9. The Bertz CT molecular complexity index is 1430. The topological polar surface area (TPSA) is 57.6 Å². The molecule has 162 valence electrons. The zero-order chi connectivity index (χ0) is 23.1. The van der Waals surface area contributed by atoms with Crippen molar-refractivity contribution in [3.63, 3.8) is 0 Å². The minimum absolute atomic E-state index is 0.0996. The molecule has 4 heteroatoms. The van der Waals surface area contributed by atoms with Crippen LogP contribution in [0.25, 0.3) is 16.5 Å². The molecule has 1 aliphatic heterocycles. The van der Waals surface area contributed by atoms with Crippen LogP contribution in [-0.4, -0.2) is 16.8 Å². The lowest BCUT2D eigenvalue weighted by atomic mass is 9.92. The second kappa shape index (κ2) is 8.06. The maximum atomic E-state index is 13.4. The number of Topliss-reactive ketones (excluding diaryl/α,β-unsaturated/α-hetero) is 1. The molecule has 0 radical (unpaired) electrons. The van der Waals surface area contributed by atoms with Crippen LogP contribution >= 0.6 is 0 Å². The third-order valence-corrected chi connectivity index (χ3v) is 6.16. The normalized spacial score (nSPS) is 17.6. The molecule has 1 saturated heterocycles. The van der Waals surface area contributed by atoms with E-state index in [0.29, 0.717) is 11.3 Å². The molecule has 0 aliphatic carbocycles. The molecular formula is C29H23NO3. The Kier molecular flexibility index (Phi) is 5.06. The van der Waals surface area contributed by atoms with Crippen molar-refractivity contribution in [3.8, 4) is 0 Å². The largest absolute Gasteiger partial charge is 0.507 e. The van der Waals surface area contributed by atoms with Crippen molar-refractivity contribution in [1.82, 2.24) is 0 Å². The van der Waals surface area contributed by atoms with Crippen LogP contribution < -0.4 is 4.90 Å². The Balaban J connectivity index is 1.78. The van der Waals surface area contributed by atoms with Gasteiger partial charge in [0.05, 0.1) is 11.6 Å². The van der Waals surface area contributed by atoms with E-state index in [-0.39, 0.29) is 11.3 Å².